The van der Waals surface area contributed by atoms with Gasteiger partial charge in [-0.15, -0.1) is 9.32 Å². The number of urea groups is 1. The van der Waals surface area contributed by atoms with Gasteiger partial charge in [0, 0.05) is 0 Å². The molecule has 0 rings (SSSR count). The zero-order valence-electron chi connectivity index (χ0n) is 3.64. The lowest BCUT2D eigenvalue weighted by molar-refractivity contribution is 0.236. The van der Waals surface area contributed by atoms with Crippen molar-refractivity contribution in [1.82, 2.24) is 4.41 Å². The summed E-state index contributed by atoms with van der Waals surface area (Å²) in [6.07, 6.45) is 0. The molecular weight excluding hydrogens is 150 g/mol. The van der Waals surface area contributed by atoms with Crippen molar-refractivity contribution in [3.8, 4) is 0 Å². The fourth-order valence-electron chi connectivity index (χ4n) is 0.0954. The van der Waals surface area contributed by atoms with Gasteiger partial charge in [-0.05, 0) is 0 Å². The van der Waals surface area contributed by atoms with E-state index in [0.29, 0.717) is 15.4 Å². The van der Waals surface area contributed by atoms with Crippen molar-refractivity contribution in [2.75, 3.05) is 0 Å². The van der Waals surface area contributed by atoms with Crippen molar-refractivity contribution in [2.45, 2.75) is 0 Å². The smallest absolute Gasteiger partial charge is 0.349 e. The summed E-state index contributed by atoms with van der Waals surface area (Å²) in [6.45, 7) is 0. The van der Waals surface area contributed by atoms with Crippen LogP contribution in [0.25, 0.3) is 0 Å². The maximum Gasteiger partial charge on any atom is 0.349 e. The topological polar surface area (TPSA) is 75.8 Å². The minimum atomic E-state index is -0.931. The number of hydrogen-bond acceptors (Lipinski definition) is 5. The molecule has 7 heteroatoms. The summed E-state index contributed by atoms with van der Waals surface area (Å²) in [6, 6.07) is -0.931. The van der Waals surface area contributed by atoms with Crippen LogP contribution in [0, 0.1) is 4.91 Å². The third kappa shape index (κ3) is 2.03. The molecule has 0 aliphatic rings. The molecule has 0 aliphatic heterocycles. The highest BCUT2D eigenvalue weighted by atomic mass is 33.1. The molecule has 5 nitrogen and oxygen atoms in total. The van der Waals surface area contributed by atoms with Gasteiger partial charge in [-0.25, -0.2) is 4.79 Å². The lowest BCUT2D eigenvalue weighted by Gasteiger charge is -2.00. The number of carbonyl (C=O) groups excluding carboxylic acids is 1. The van der Waals surface area contributed by atoms with Gasteiger partial charge in [0.15, 0.2) is 0 Å². The molecule has 0 heterocycles. The van der Waals surface area contributed by atoms with E-state index in [-0.39, 0.29) is 0 Å². The van der Waals surface area contributed by atoms with Crippen LogP contribution in [0.15, 0.2) is 5.29 Å². The maximum absolute atomic E-state index is 9.95. The summed E-state index contributed by atoms with van der Waals surface area (Å²) in [4.78, 5) is 19.4. The zero-order chi connectivity index (χ0) is 6.57. The molecule has 0 saturated carbocycles. The van der Waals surface area contributed by atoms with Crippen LogP contribution in [-0.4, -0.2) is 10.4 Å². The molecule has 46 valence electrons. The normalized spacial score (nSPS) is 8.12. The average molecular weight is 153 g/mol. The molecule has 2 N–H and O–H groups in total. The minimum absolute atomic E-state index is 0.406. The average Bonchev–Trinajstić information content (AvgIpc) is 1.69. The Morgan fingerprint density at radius 1 is 1.88 bits per heavy atom. The van der Waals surface area contributed by atoms with E-state index in [1.54, 1.807) is 0 Å². The first-order valence-corrected chi connectivity index (χ1v) is 3.29. The number of nitrogens with zero attached hydrogens (tertiary/aromatic N) is 2. The summed E-state index contributed by atoms with van der Waals surface area (Å²) >= 11 is 3.48. The van der Waals surface area contributed by atoms with Gasteiger partial charge in [0.25, 0.3) is 0 Å². The molecule has 0 unspecified atom stereocenters. The molecule has 2 amide bonds. The van der Waals surface area contributed by atoms with Gasteiger partial charge in [0.05, 0.1) is 16.3 Å². The molecule has 0 aromatic rings. The van der Waals surface area contributed by atoms with Crippen molar-refractivity contribution in [2.24, 2.45) is 11.0 Å². The van der Waals surface area contributed by atoms with E-state index >= 15 is 0 Å². The van der Waals surface area contributed by atoms with Gasteiger partial charge in [-0.3, -0.25) is 0 Å². The molecule has 0 bridgehead atoms. The van der Waals surface area contributed by atoms with Crippen molar-refractivity contribution < 1.29 is 4.79 Å². The first kappa shape index (κ1) is 7.57. The Kier molecular flexibility index (Phi) is 3.37. The van der Waals surface area contributed by atoms with Crippen LogP contribution >= 0.6 is 22.6 Å². The lowest BCUT2D eigenvalue weighted by atomic mass is 11.1. The number of thiol groups is 1. The van der Waals surface area contributed by atoms with Crippen molar-refractivity contribution in [1.29, 1.82) is 0 Å². The van der Waals surface area contributed by atoms with Gasteiger partial charge in [-0.1, -0.05) is 11.7 Å². The monoisotopic (exact) mass is 153 g/mol. The first-order chi connectivity index (χ1) is 3.72. The number of carbonyl (C=O) groups is 1. The third-order valence-electron chi connectivity index (χ3n) is 0.340. The van der Waals surface area contributed by atoms with E-state index in [9.17, 15) is 9.70 Å². The quantitative estimate of drug-likeness (QED) is 0.200. The Morgan fingerprint density at radius 2 is 2.38 bits per heavy atom. The van der Waals surface area contributed by atoms with Gasteiger partial charge >= 0.3 is 6.03 Å². The molecule has 0 radical (unpaired) electrons. The van der Waals surface area contributed by atoms with Crippen LogP contribution < -0.4 is 5.73 Å². The summed E-state index contributed by atoms with van der Waals surface area (Å²) in [7, 11) is 0.552. The molecule has 8 heavy (non-hydrogen) atoms. The Hall–Kier alpha value is -0.430. The summed E-state index contributed by atoms with van der Waals surface area (Å²) in [5, 5.41) is 2.20. The van der Waals surface area contributed by atoms with Gasteiger partial charge in [0.1, 0.15) is 0 Å². The summed E-state index contributed by atoms with van der Waals surface area (Å²) < 4.78 is 0.406. The van der Waals surface area contributed by atoms with Crippen LogP contribution in [-0.2, 0) is 0 Å². The first-order valence-electron chi connectivity index (χ1n) is 1.46. The molecule has 0 saturated heterocycles. The molecule has 0 spiro atoms. The number of hydrogen-bond donors (Lipinski definition) is 2. The van der Waals surface area contributed by atoms with Crippen LogP contribution in [0.4, 0.5) is 4.79 Å². The Bertz CT molecular complexity index is 105. The van der Waals surface area contributed by atoms with Crippen LogP contribution in [0.2, 0.25) is 0 Å². The highest BCUT2D eigenvalue weighted by molar-refractivity contribution is 8.67. The number of nitroso groups, excluding NO2 is 1. The zero-order valence-corrected chi connectivity index (χ0v) is 5.35. The fraction of sp³-hybridized carbons (Fsp3) is 0. The van der Waals surface area contributed by atoms with E-state index in [0.717, 1.165) is 0 Å². The van der Waals surface area contributed by atoms with E-state index < -0.39 is 6.03 Å². The number of rotatable bonds is 2. The molecule has 0 atom stereocenters. The van der Waals surface area contributed by atoms with Gasteiger partial charge in [-0.2, -0.15) is 0 Å². The van der Waals surface area contributed by atoms with E-state index in [2.05, 4.69) is 22.7 Å². The summed E-state index contributed by atoms with van der Waals surface area (Å²) in [5.74, 6) is 0. The largest absolute Gasteiger partial charge is 0.349 e. The Balaban J connectivity index is 3.69. The minimum Gasteiger partial charge on any atom is -0.349 e. The second-order valence-corrected chi connectivity index (χ2v) is 1.77. The van der Waals surface area contributed by atoms with Crippen molar-refractivity contribution in [3.63, 3.8) is 0 Å². The van der Waals surface area contributed by atoms with Crippen molar-refractivity contribution >= 4 is 28.7 Å². The van der Waals surface area contributed by atoms with E-state index in [4.69, 9.17) is 0 Å². The molecule has 0 aromatic carbocycles. The molecule has 0 aromatic heterocycles. The predicted molar refractivity (Wildman–Crippen MR) is 33.8 cm³/mol. The highest BCUT2D eigenvalue weighted by Crippen LogP contribution is 2.12. The molecule has 0 aliphatic carbocycles. The second kappa shape index (κ2) is 3.56. The highest BCUT2D eigenvalue weighted by Gasteiger charge is 2.06. The standard InChI is InChI=1S/CH3N3O2S2/c2-1(5)4(3-6)8-7/h7H,(H2,2,5). The van der Waals surface area contributed by atoms with Crippen LogP contribution in [0.1, 0.15) is 0 Å². The maximum atomic E-state index is 9.95. The molecule has 0 fully saturated rings. The van der Waals surface area contributed by atoms with Gasteiger partial charge in [0.2, 0.25) is 0 Å². The number of amides is 2. The SMILES string of the molecule is NC(=O)N(N=O)SS. The lowest BCUT2D eigenvalue weighted by Crippen LogP contribution is -2.23. The Labute approximate surface area is 54.5 Å². The number of primary amides is 1. The number of nitrogens with two attached hydrogens (primary N) is 1. The van der Waals surface area contributed by atoms with Crippen LogP contribution in [0.3, 0.4) is 0 Å². The Morgan fingerprint density at radius 3 is 2.38 bits per heavy atom. The van der Waals surface area contributed by atoms with E-state index in [1.165, 1.54) is 0 Å². The molecular formula is CH3N3O2S2. The van der Waals surface area contributed by atoms with Gasteiger partial charge < -0.3 is 5.73 Å². The predicted octanol–water partition coefficient (Wildman–Crippen LogP) is 0.542. The van der Waals surface area contributed by atoms with E-state index in [1.807, 2.05) is 0 Å². The van der Waals surface area contributed by atoms with Crippen LogP contribution in [0.5, 0.6) is 0 Å². The summed E-state index contributed by atoms with van der Waals surface area (Å²) in [5.41, 5.74) is 4.58. The van der Waals surface area contributed by atoms with Crippen molar-refractivity contribution in [3.05, 3.63) is 4.91 Å². The second-order valence-electron chi connectivity index (χ2n) is 0.774. The third-order valence-corrected chi connectivity index (χ3v) is 1.21. The fourth-order valence-corrected chi connectivity index (χ4v) is 0.537.